The first-order valence-electron chi connectivity index (χ1n) is 6.34. The van der Waals surface area contributed by atoms with E-state index in [2.05, 4.69) is 4.98 Å². The van der Waals surface area contributed by atoms with Gasteiger partial charge in [-0.15, -0.1) is 11.3 Å². The van der Waals surface area contributed by atoms with E-state index < -0.39 is 0 Å². The number of Topliss-reactive ketones (excluding diaryl/α,β-unsaturated/α-hetero) is 1. The number of rotatable bonds is 3. The van der Waals surface area contributed by atoms with Gasteiger partial charge in [0.2, 0.25) is 0 Å². The highest BCUT2D eigenvalue weighted by molar-refractivity contribution is 7.09. The average Bonchev–Trinajstić information content (AvgIpc) is 2.94. The minimum absolute atomic E-state index is 0.107. The minimum atomic E-state index is 0.107. The van der Waals surface area contributed by atoms with E-state index >= 15 is 0 Å². The molecule has 2 bridgehead atoms. The van der Waals surface area contributed by atoms with Gasteiger partial charge in [-0.05, 0) is 38.0 Å². The number of aromatic nitrogens is 1. The molecule has 0 radical (unpaired) electrons. The zero-order valence-corrected chi connectivity index (χ0v) is 10.9. The van der Waals surface area contributed by atoms with Crippen molar-refractivity contribution in [3.8, 4) is 0 Å². The summed E-state index contributed by atoms with van der Waals surface area (Å²) >= 11 is 1.61. The molecule has 4 atom stereocenters. The lowest BCUT2D eigenvalue weighted by molar-refractivity contribution is -0.124. The topological polar surface area (TPSA) is 56.0 Å². The third-order valence-corrected chi connectivity index (χ3v) is 5.20. The van der Waals surface area contributed by atoms with Crippen LogP contribution in [0.5, 0.6) is 0 Å². The summed E-state index contributed by atoms with van der Waals surface area (Å²) in [5.41, 5.74) is 7.11. The monoisotopic (exact) mass is 250 g/mol. The molecule has 0 aromatic carbocycles. The van der Waals surface area contributed by atoms with Crippen molar-refractivity contribution in [3.63, 3.8) is 0 Å². The number of hydrogen-bond donors (Lipinski definition) is 1. The van der Waals surface area contributed by atoms with Crippen LogP contribution in [-0.4, -0.2) is 16.8 Å². The summed E-state index contributed by atoms with van der Waals surface area (Å²) in [7, 11) is 0. The number of nitrogens with two attached hydrogens (primary N) is 1. The third-order valence-electron chi connectivity index (χ3n) is 4.37. The Bertz CT molecular complexity index is 440. The lowest BCUT2D eigenvalue weighted by Crippen LogP contribution is -2.40. The Morgan fingerprint density at radius 1 is 1.53 bits per heavy atom. The van der Waals surface area contributed by atoms with Crippen LogP contribution < -0.4 is 5.73 Å². The van der Waals surface area contributed by atoms with Gasteiger partial charge in [0.1, 0.15) is 5.78 Å². The molecule has 0 spiro atoms. The molecule has 1 aromatic heterocycles. The number of aryl methyl sites for hydroxylation is 1. The largest absolute Gasteiger partial charge is 0.327 e. The number of carbonyl (C=O) groups is 1. The zero-order chi connectivity index (χ0) is 12.0. The van der Waals surface area contributed by atoms with E-state index in [9.17, 15) is 4.79 Å². The summed E-state index contributed by atoms with van der Waals surface area (Å²) in [4.78, 5) is 16.7. The van der Waals surface area contributed by atoms with E-state index in [1.165, 1.54) is 19.3 Å². The number of hydrogen-bond acceptors (Lipinski definition) is 4. The van der Waals surface area contributed by atoms with Crippen LogP contribution >= 0.6 is 11.3 Å². The normalized spacial score (nSPS) is 35.4. The van der Waals surface area contributed by atoms with Gasteiger partial charge in [-0.25, -0.2) is 4.98 Å². The first-order chi connectivity index (χ1) is 8.15. The molecule has 2 aliphatic rings. The predicted octanol–water partition coefficient (Wildman–Crippen LogP) is 1.94. The lowest BCUT2D eigenvalue weighted by Gasteiger charge is -2.26. The molecule has 0 amide bonds. The summed E-state index contributed by atoms with van der Waals surface area (Å²) in [6.07, 6.45) is 4.08. The maximum atomic E-state index is 12.3. The number of nitrogens with zero attached hydrogens (tertiary/aromatic N) is 1. The highest BCUT2D eigenvalue weighted by Gasteiger charge is 2.48. The molecule has 2 N–H and O–H groups in total. The SMILES string of the molecule is Cc1nc(CC(=O)C2C3CCC(C3)C2N)cs1. The molecular weight excluding hydrogens is 232 g/mol. The van der Waals surface area contributed by atoms with Crippen LogP contribution in [-0.2, 0) is 11.2 Å². The number of fused-ring (bicyclic) bond motifs is 2. The fourth-order valence-corrected chi connectivity index (χ4v) is 4.21. The predicted molar refractivity (Wildman–Crippen MR) is 67.9 cm³/mol. The first kappa shape index (κ1) is 11.4. The molecule has 4 unspecified atom stereocenters. The van der Waals surface area contributed by atoms with Gasteiger partial charge < -0.3 is 5.73 Å². The molecule has 2 saturated carbocycles. The van der Waals surface area contributed by atoms with Crippen LogP contribution in [0.2, 0.25) is 0 Å². The van der Waals surface area contributed by atoms with Gasteiger partial charge in [-0.3, -0.25) is 4.79 Å². The van der Waals surface area contributed by atoms with Gasteiger partial charge in [0.25, 0.3) is 0 Å². The molecular formula is C13H18N2OS. The lowest BCUT2D eigenvalue weighted by atomic mass is 9.81. The Morgan fingerprint density at radius 2 is 2.29 bits per heavy atom. The number of thiazole rings is 1. The van der Waals surface area contributed by atoms with Crippen LogP contribution in [0.1, 0.15) is 30.0 Å². The van der Waals surface area contributed by atoms with Crippen LogP contribution in [0.4, 0.5) is 0 Å². The van der Waals surface area contributed by atoms with E-state index in [4.69, 9.17) is 5.73 Å². The molecule has 3 rings (SSSR count). The summed E-state index contributed by atoms with van der Waals surface area (Å²) < 4.78 is 0. The molecule has 92 valence electrons. The van der Waals surface area contributed by atoms with Crippen molar-refractivity contribution in [1.29, 1.82) is 0 Å². The summed E-state index contributed by atoms with van der Waals surface area (Å²) in [5, 5.41) is 3.02. The van der Waals surface area contributed by atoms with Crippen molar-refractivity contribution >= 4 is 17.1 Å². The molecule has 2 fully saturated rings. The maximum Gasteiger partial charge on any atom is 0.143 e. The van der Waals surface area contributed by atoms with Crippen molar-refractivity contribution in [2.45, 2.75) is 38.6 Å². The zero-order valence-electron chi connectivity index (χ0n) is 10.1. The summed E-state index contributed by atoms with van der Waals surface area (Å²) in [6, 6.07) is 0.112. The Kier molecular flexibility index (Phi) is 2.79. The van der Waals surface area contributed by atoms with Gasteiger partial charge in [0.05, 0.1) is 10.7 Å². The van der Waals surface area contributed by atoms with Crippen molar-refractivity contribution in [3.05, 3.63) is 16.1 Å². The van der Waals surface area contributed by atoms with Gasteiger partial charge in [-0.1, -0.05) is 0 Å². The second kappa shape index (κ2) is 4.18. The van der Waals surface area contributed by atoms with E-state index in [0.29, 0.717) is 24.0 Å². The van der Waals surface area contributed by atoms with Gasteiger partial charge in [0.15, 0.2) is 0 Å². The fourth-order valence-electron chi connectivity index (χ4n) is 3.60. The van der Waals surface area contributed by atoms with E-state index in [1.54, 1.807) is 11.3 Å². The molecule has 0 saturated heterocycles. The molecule has 1 aromatic rings. The quantitative estimate of drug-likeness (QED) is 0.892. The number of carbonyl (C=O) groups excluding carboxylic acids is 1. The molecule has 1 heterocycles. The van der Waals surface area contributed by atoms with Crippen LogP contribution in [0.3, 0.4) is 0 Å². The van der Waals surface area contributed by atoms with Crippen molar-refractivity contribution in [2.75, 3.05) is 0 Å². The molecule has 3 nitrogen and oxygen atoms in total. The van der Waals surface area contributed by atoms with Crippen LogP contribution in [0, 0.1) is 24.7 Å². The Hall–Kier alpha value is -0.740. The van der Waals surface area contributed by atoms with Crippen molar-refractivity contribution in [1.82, 2.24) is 4.98 Å². The van der Waals surface area contributed by atoms with E-state index in [-0.39, 0.29) is 12.0 Å². The van der Waals surface area contributed by atoms with E-state index in [1.807, 2.05) is 12.3 Å². The maximum absolute atomic E-state index is 12.3. The Morgan fingerprint density at radius 3 is 2.88 bits per heavy atom. The Labute approximate surface area is 105 Å². The summed E-state index contributed by atoms with van der Waals surface area (Å²) in [5.74, 6) is 1.58. The Balaban J connectivity index is 1.70. The van der Waals surface area contributed by atoms with Crippen molar-refractivity contribution in [2.24, 2.45) is 23.5 Å². The average molecular weight is 250 g/mol. The van der Waals surface area contributed by atoms with Gasteiger partial charge in [0, 0.05) is 23.8 Å². The van der Waals surface area contributed by atoms with Gasteiger partial charge in [-0.2, -0.15) is 0 Å². The third kappa shape index (κ3) is 1.93. The smallest absolute Gasteiger partial charge is 0.143 e. The van der Waals surface area contributed by atoms with E-state index in [0.717, 1.165) is 10.7 Å². The standard InChI is InChI=1S/C13H18N2OS/c1-7-15-10(6-17-7)5-11(16)12-8-2-3-9(4-8)13(12)14/h6,8-9,12-13H,2-5,14H2,1H3. The number of ketones is 1. The second-order valence-electron chi connectivity index (χ2n) is 5.44. The highest BCUT2D eigenvalue weighted by Crippen LogP contribution is 2.48. The summed E-state index contributed by atoms with van der Waals surface area (Å²) in [6.45, 7) is 1.97. The second-order valence-corrected chi connectivity index (χ2v) is 6.50. The molecule has 2 aliphatic carbocycles. The first-order valence-corrected chi connectivity index (χ1v) is 7.22. The van der Waals surface area contributed by atoms with Crippen molar-refractivity contribution < 1.29 is 4.79 Å². The molecule has 0 aliphatic heterocycles. The van der Waals surface area contributed by atoms with Crippen LogP contribution in [0.25, 0.3) is 0 Å². The molecule has 17 heavy (non-hydrogen) atoms. The highest BCUT2D eigenvalue weighted by atomic mass is 32.1. The van der Waals surface area contributed by atoms with Gasteiger partial charge >= 0.3 is 0 Å². The van der Waals surface area contributed by atoms with Crippen LogP contribution in [0.15, 0.2) is 5.38 Å². The minimum Gasteiger partial charge on any atom is -0.327 e. The fraction of sp³-hybridized carbons (Fsp3) is 0.692. The molecule has 4 heteroatoms.